The van der Waals surface area contributed by atoms with E-state index in [-0.39, 0.29) is 0 Å². The summed E-state index contributed by atoms with van der Waals surface area (Å²) in [4.78, 5) is 22.1. The Hall–Kier alpha value is -2.47. The predicted octanol–water partition coefficient (Wildman–Crippen LogP) is 3.12. The van der Waals surface area contributed by atoms with Gasteiger partial charge in [0.15, 0.2) is 5.82 Å². The van der Waals surface area contributed by atoms with Crippen LogP contribution in [-0.4, -0.2) is 26.0 Å². The highest BCUT2D eigenvalue weighted by Gasteiger charge is 2.14. The molecular weight excluding hydrogens is 285 g/mol. The highest BCUT2D eigenvalue weighted by atomic mass is 35.5. The van der Waals surface area contributed by atoms with Gasteiger partial charge in [0.05, 0.1) is 21.6 Å². The zero-order chi connectivity index (χ0) is 14.3. The third-order valence-electron chi connectivity index (χ3n) is 2.77. The number of aromatic amines is 1. The molecule has 0 aliphatic rings. The van der Waals surface area contributed by atoms with Gasteiger partial charge in [0.25, 0.3) is 0 Å². The van der Waals surface area contributed by atoms with Crippen LogP contribution in [0, 0.1) is 5.82 Å². The van der Waals surface area contributed by atoms with E-state index in [4.69, 9.17) is 16.7 Å². The number of nitrogens with one attached hydrogen (secondary N) is 1. The maximum Gasteiger partial charge on any atom is 0.338 e. The lowest BCUT2D eigenvalue weighted by Gasteiger charge is -1.95. The van der Waals surface area contributed by atoms with Crippen LogP contribution >= 0.6 is 11.6 Å². The summed E-state index contributed by atoms with van der Waals surface area (Å²) in [6.45, 7) is 0. The van der Waals surface area contributed by atoms with E-state index in [9.17, 15) is 9.18 Å². The van der Waals surface area contributed by atoms with Crippen molar-refractivity contribution in [2.75, 3.05) is 0 Å². The standard InChI is InChI=1S/C13H7ClFN3O2/c14-6-1-2-9(16-5-6)12-17-10-3-7(13(19)20)8(15)4-11(10)18-12/h1-5H,(H,17,18)(H,19,20). The van der Waals surface area contributed by atoms with Crippen LogP contribution in [0.3, 0.4) is 0 Å². The molecule has 20 heavy (non-hydrogen) atoms. The number of aromatic nitrogens is 3. The summed E-state index contributed by atoms with van der Waals surface area (Å²) in [6.07, 6.45) is 1.47. The molecule has 0 aliphatic carbocycles. The van der Waals surface area contributed by atoms with Gasteiger partial charge in [-0.3, -0.25) is 4.98 Å². The largest absolute Gasteiger partial charge is 0.478 e. The minimum atomic E-state index is -1.33. The first kappa shape index (κ1) is 12.6. The van der Waals surface area contributed by atoms with E-state index in [2.05, 4.69) is 15.0 Å². The molecule has 2 N–H and O–H groups in total. The van der Waals surface area contributed by atoms with E-state index in [0.29, 0.717) is 27.6 Å². The second-order valence-corrected chi connectivity index (χ2v) is 4.54. The highest BCUT2D eigenvalue weighted by molar-refractivity contribution is 6.30. The summed E-state index contributed by atoms with van der Waals surface area (Å²) in [5, 5.41) is 9.36. The number of pyridine rings is 1. The number of aromatic carboxylic acids is 1. The second kappa shape index (κ2) is 4.57. The molecule has 3 rings (SSSR count). The Balaban J connectivity index is 2.15. The lowest BCUT2D eigenvalue weighted by molar-refractivity contribution is 0.0692. The van der Waals surface area contributed by atoms with Crippen molar-refractivity contribution in [3.05, 3.63) is 46.9 Å². The number of imidazole rings is 1. The van der Waals surface area contributed by atoms with Crippen molar-refractivity contribution >= 4 is 28.6 Å². The van der Waals surface area contributed by atoms with Crippen molar-refractivity contribution in [3.8, 4) is 11.5 Å². The fraction of sp³-hybridized carbons (Fsp3) is 0. The molecule has 0 saturated heterocycles. The van der Waals surface area contributed by atoms with Crippen LogP contribution in [0.2, 0.25) is 5.02 Å². The third kappa shape index (κ3) is 2.10. The molecule has 100 valence electrons. The van der Waals surface area contributed by atoms with Crippen LogP contribution in [0.5, 0.6) is 0 Å². The first-order valence-electron chi connectivity index (χ1n) is 5.59. The molecule has 0 unspecified atom stereocenters. The first-order valence-corrected chi connectivity index (χ1v) is 5.97. The van der Waals surface area contributed by atoms with Crippen molar-refractivity contribution in [2.45, 2.75) is 0 Å². The van der Waals surface area contributed by atoms with E-state index in [1.165, 1.54) is 12.3 Å². The summed E-state index contributed by atoms with van der Waals surface area (Å²) in [5.41, 5.74) is 0.872. The number of hydrogen-bond acceptors (Lipinski definition) is 3. The molecule has 0 spiro atoms. The number of carbonyl (C=O) groups is 1. The van der Waals surface area contributed by atoms with Crippen molar-refractivity contribution in [1.82, 2.24) is 15.0 Å². The monoisotopic (exact) mass is 291 g/mol. The molecule has 0 fully saturated rings. The highest BCUT2D eigenvalue weighted by Crippen LogP contribution is 2.22. The van der Waals surface area contributed by atoms with E-state index >= 15 is 0 Å². The number of carboxylic acids is 1. The topological polar surface area (TPSA) is 78.9 Å². The summed E-state index contributed by atoms with van der Waals surface area (Å²) in [6, 6.07) is 5.60. The van der Waals surface area contributed by atoms with Gasteiger partial charge >= 0.3 is 5.97 Å². The van der Waals surface area contributed by atoms with Gasteiger partial charge in [0.2, 0.25) is 0 Å². The number of fused-ring (bicyclic) bond motifs is 1. The Kier molecular flexibility index (Phi) is 2.87. The molecule has 0 amide bonds. The maximum absolute atomic E-state index is 13.6. The van der Waals surface area contributed by atoms with Crippen molar-refractivity contribution < 1.29 is 14.3 Å². The normalized spacial score (nSPS) is 10.9. The van der Waals surface area contributed by atoms with Gasteiger partial charge in [-0.2, -0.15) is 0 Å². The van der Waals surface area contributed by atoms with Crippen molar-refractivity contribution in [2.24, 2.45) is 0 Å². The maximum atomic E-state index is 13.6. The summed E-state index contributed by atoms with van der Waals surface area (Å²) < 4.78 is 13.6. The SMILES string of the molecule is O=C(O)c1cc2nc(-c3ccc(Cl)cn3)[nH]c2cc1F. The number of rotatable bonds is 2. The Labute approximate surface area is 117 Å². The number of carboxylic acid groups (broad SMARTS) is 1. The lowest BCUT2D eigenvalue weighted by atomic mass is 10.2. The Morgan fingerprint density at radius 3 is 2.80 bits per heavy atom. The molecule has 3 aromatic rings. The van der Waals surface area contributed by atoms with Crippen LogP contribution < -0.4 is 0 Å². The van der Waals surface area contributed by atoms with Crippen LogP contribution in [0.1, 0.15) is 10.4 Å². The van der Waals surface area contributed by atoms with Crippen LogP contribution in [-0.2, 0) is 0 Å². The Morgan fingerprint density at radius 2 is 2.15 bits per heavy atom. The predicted molar refractivity (Wildman–Crippen MR) is 71.3 cm³/mol. The molecule has 1 aromatic carbocycles. The van der Waals surface area contributed by atoms with Crippen molar-refractivity contribution in [1.29, 1.82) is 0 Å². The van der Waals surface area contributed by atoms with Crippen LogP contribution in [0.15, 0.2) is 30.5 Å². The summed E-state index contributed by atoms with van der Waals surface area (Å²) in [7, 11) is 0. The van der Waals surface area contributed by atoms with Gasteiger partial charge in [-0.1, -0.05) is 11.6 Å². The number of hydrogen-bond donors (Lipinski definition) is 2. The molecule has 7 heteroatoms. The van der Waals surface area contributed by atoms with Gasteiger partial charge in [-0.15, -0.1) is 0 Å². The second-order valence-electron chi connectivity index (χ2n) is 4.10. The van der Waals surface area contributed by atoms with Gasteiger partial charge < -0.3 is 10.1 Å². The average molecular weight is 292 g/mol. The minimum absolute atomic E-state index is 0.357. The number of benzene rings is 1. The smallest absolute Gasteiger partial charge is 0.338 e. The minimum Gasteiger partial charge on any atom is -0.478 e. The molecule has 0 bridgehead atoms. The third-order valence-corrected chi connectivity index (χ3v) is 2.99. The van der Waals surface area contributed by atoms with E-state index in [0.717, 1.165) is 6.07 Å². The average Bonchev–Trinajstić information content (AvgIpc) is 2.81. The molecular formula is C13H7ClFN3O2. The fourth-order valence-corrected chi connectivity index (χ4v) is 1.94. The number of halogens is 2. The van der Waals surface area contributed by atoms with Gasteiger partial charge in [-0.25, -0.2) is 14.2 Å². The van der Waals surface area contributed by atoms with E-state index < -0.39 is 17.3 Å². The zero-order valence-electron chi connectivity index (χ0n) is 9.89. The van der Waals surface area contributed by atoms with Crippen LogP contribution in [0.25, 0.3) is 22.6 Å². The summed E-state index contributed by atoms with van der Waals surface area (Å²) >= 11 is 5.75. The molecule has 2 heterocycles. The summed E-state index contributed by atoms with van der Waals surface area (Å²) in [5.74, 6) is -1.73. The lowest BCUT2D eigenvalue weighted by Crippen LogP contribution is -1.99. The first-order chi connectivity index (χ1) is 9.54. The molecule has 0 radical (unpaired) electrons. The molecule has 0 atom stereocenters. The van der Waals surface area contributed by atoms with E-state index in [1.807, 2.05) is 0 Å². The Morgan fingerprint density at radius 1 is 1.35 bits per heavy atom. The number of nitrogens with zero attached hydrogens (tertiary/aromatic N) is 2. The van der Waals surface area contributed by atoms with Gasteiger partial charge in [0.1, 0.15) is 11.5 Å². The Bertz CT molecular complexity index is 814. The molecule has 0 aliphatic heterocycles. The number of H-pyrrole nitrogens is 1. The molecule has 2 aromatic heterocycles. The van der Waals surface area contributed by atoms with Crippen LogP contribution in [0.4, 0.5) is 4.39 Å². The van der Waals surface area contributed by atoms with Gasteiger partial charge in [0, 0.05) is 12.3 Å². The van der Waals surface area contributed by atoms with E-state index in [1.54, 1.807) is 12.1 Å². The fourth-order valence-electron chi connectivity index (χ4n) is 1.83. The zero-order valence-corrected chi connectivity index (χ0v) is 10.6. The van der Waals surface area contributed by atoms with Crippen molar-refractivity contribution in [3.63, 3.8) is 0 Å². The molecule has 0 saturated carbocycles. The van der Waals surface area contributed by atoms with Gasteiger partial charge in [-0.05, 0) is 18.2 Å². The quantitative estimate of drug-likeness (QED) is 0.760. The molecule has 5 nitrogen and oxygen atoms in total.